The summed E-state index contributed by atoms with van der Waals surface area (Å²) in [5, 5.41) is 1.85. The second kappa shape index (κ2) is 3.89. The van der Waals surface area contributed by atoms with Crippen LogP contribution in [0.1, 0.15) is 21.5 Å². The fraction of sp³-hybridized carbons (Fsp3) is 0.143. The molecule has 0 amide bonds. The van der Waals surface area contributed by atoms with Gasteiger partial charge in [0.25, 0.3) is 0 Å². The van der Waals surface area contributed by atoms with Crippen LogP contribution in [-0.4, -0.2) is 12.1 Å². The first-order valence-corrected chi connectivity index (χ1v) is 5.13. The lowest BCUT2D eigenvalue weighted by molar-refractivity contribution is -0.104. The lowest BCUT2D eigenvalue weighted by atomic mass is 9.93. The topological polar surface area (TPSA) is 34.1 Å². The van der Waals surface area contributed by atoms with Gasteiger partial charge in [-0.15, -0.1) is 0 Å². The molecule has 0 aliphatic heterocycles. The number of aldehydes is 1. The summed E-state index contributed by atoms with van der Waals surface area (Å²) in [5.74, 6) is -0.447. The van der Waals surface area contributed by atoms with Gasteiger partial charge in [-0.2, -0.15) is 0 Å². The summed E-state index contributed by atoms with van der Waals surface area (Å²) in [6.07, 6.45) is 0.383. The highest BCUT2D eigenvalue weighted by Gasteiger charge is 2.13. The zero-order chi connectivity index (χ0) is 11.7. The monoisotopic (exact) mass is 212 g/mol. The number of aryl methyl sites for hydroxylation is 1. The van der Waals surface area contributed by atoms with Crippen molar-refractivity contribution in [1.29, 1.82) is 0 Å². The Morgan fingerprint density at radius 3 is 2.56 bits per heavy atom. The van der Waals surface area contributed by atoms with E-state index in [9.17, 15) is 9.59 Å². The molecule has 2 heteroatoms. The van der Waals surface area contributed by atoms with Gasteiger partial charge >= 0.3 is 0 Å². The molecule has 0 fully saturated rings. The Morgan fingerprint density at radius 1 is 1.19 bits per heavy atom. The van der Waals surface area contributed by atoms with Crippen LogP contribution in [-0.2, 0) is 4.79 Å². The first-order valence-electron chi connectivity index (χ1n) is 5.13. The van der Waals surface area contributed by atoms with Crippen molar-refractivity contribution < 1.29 is 9.59 Å². The Hall–Kier alpha value is -1.96. The van der Waals surface area contributed by atoms with Crippen molar-refractivity contribution in [2.75, 3.05) is 0 Å². The first kappa shape index (κ1) is 10.6. The van der Waals surface area contributed by atoms with Crippen molar-refractivity contribution in [3.8, 4) is 0 Å². The first-order chi connectivity index (χ1) is 7.65. The Balaban J connectivity index is 2.92. The number of Topliss-reactive ketones (excluding diaryl/α,β-unsaturated/α-hetero) is 1. The molecule has 2 nitrogen and oxygen atoms in total. The molecule has 0 radical (unpaired) electrons. The third-order valence-electron chi connectivity index (χ3n) is 2.92. The van der Waals surface area contributed by atoms with Gasteiger partial charge in [-0.05, 0) is 35.7 Å². The van der Waals surface area contributed by atoms with Crippen LogP contribution in [0.3, 0.4) is 0 Å². The number of hydrogen-bond acceptors (Lipinski definition) is 2. The van der Waals surface area contributed by atoms with Gasteiger partial charge in [0.15, 0.2) is 6.29 Å². The molecule has 80 valence electrons. The minimum Gasteiger partial charge on any atom is -0.294 e. The number of carbonyl (C=O) groups is 2. The molecule has 2 aromatic carbocycles. The fourth-order valence-corrected chi connectivity index (χ4v) is 1.97. The quantitative estimate of drug-likeness (QED) is 0.436. The average molecular weight is 212 g/mol. The Labute approximate surface area is 93.9 Å². The van der Waals surface area contributed by atoms with E-state index in [1.54, 1.807) is 0 Å². The molecule has 16 heavy (non-hydrogen) atoms. The minimum absolute atomic E-state index is 0.383. The average Bonchev–Trinajstić information content (AvgIpc) is 2.30. The van der Waals surface area contributed by atoms with Crippen LogP contribution in [0.4, 0.5) is 0 Å². The number of hydrogen-bond donors (Lipinski definition) is 0. The van der Waals surface area contributed by atoms with E-state index in [1.807, 2.05) is 44.2 Å². The molecule has 0 atom stereocenters. The SMILES string of the molecule is Cc1cc2ccccc2c(C(=O)C=O)c1C. The zero-order valence-electron chi connectivity index (χ0n) is 9.28. The van der Waals surface area contributed by atoms with Gasteiger partial charge in [0.2, 0.25) is 5.78 Å². The number of benzene rings is 2. The molecule has 0 saturated heterocycles. The van der Waals surface area contributed by atoms with Gasteiger partial charge in [0.05, 0.1) is 0 Å². The van der Waals surface area contributed by atoms with Crippen LogP contribution >= 0.6 is 0 Å². The van der Waals surface area contributed by atoms with Crippen LogP contribution < -0.4 is 0 Å². The van der Waals surface area contributed by atoms with Crippen molar-refractivity contribution in [3.05, 3.63) is 47.0 Å². The fourth-order valence-electron chi connectivity index (χ4n) is 1.97. The number of ketones is 1. The summed E-state index contributed by atoms with van der Waals surface area (Å²) in [6, 6.07) is 9.65. The Morgan fingerprint density at radius 2 is 1.88 bits per heavy atom. The smallest absolute Gasteiger partial charge is 0.226 e. The molecule has 2 aromatic rings. The van der Waals surface area contributed by atoms with Crippen molar-refractivity contribution in [3.63, 3.8) is 0 Å². The van der Waals surface area contributed by atoms with E-state index >= 15 is 0 Å². The second-order valence-electron chi connectivity index (χ2n) is 3.90. The normalized spacial score (nSPS) is 10.4. The maximum atomic E-state index is 11.6. The third kappa shape index (κ3) is 1.52. The highest BCUT2D eigenvalue weighted by molar-refractivity contribution is 6.36. The summed E-state index contributed by atoms with van der Waals surface area (Å²) in [7, 11) is 0. The van der Waals surface area contributed by atoms with Crippen molar-refractivity contribution in [2.45, 2.75) is 13.8 Å². The summed E-state index contributed by atoms with van der Waals surface area (Å²) >= 11 is 0. The highest BCUT2D eigenvalue weighted by atomic mass is 16.2. The third-order valence-corrected chi connectivity index (χ3v) is 2.92. The molecule has 0 spiro atoms. The van der Waals surface area contributed by atoms with Crippen molar-refractivity contribution in [1.82, 2.24) is 0 Å². The van der Waals surface area contributed by atoms with Gasteiger partial charge in [-0.25, -0.2) is 0 Å². The molecule has 0 unspecified atom stereocenters. The van der Waals surface area contributed by atoms with Crippen molar-refractivity contribution in [2.24, 2.45) is 0 Å². The van der Waals surface area contributed by atoms with Gasteiger partial charge in [0, 0.05) is 5.56 Å². The molecule has 0 bridgehead atoms. The van der Waals surface area contributed by atoms with Gasteiger partial charge in [-0.3, -0.25) is 9.59 Å². The maximum Gasteiger partial charge on any atom is 0.226 e. The van der Waals surface area contributed by atoms with Crippen LogP contribution in [0, 0.1) is 13.8 Å². The summed E-state index contributed by atoms with van der Waals surface area (Å²) in [4.78, 5) is 22.3. The molecule has 0 aliphatic rings. The van der Waals surface area contributed by atoms with Crippen LogP contribution in [0.5, 0.6) is 0 Å². The second-order valence-corrected chi connectivity index (χ2v) is 3.90. The van der Waals surface area contributed by atoms with E-state index in [4.69, 9.17) is 0 Å². The molecule has 2 rings (SSSR count). The summed E-state index contributed by atoms with van der Waals surface area (Å²) in [6.45, 7) is 3.82. The molecule has 0 saturated carbocycles. The van der Waals surface area contributed by atoms with E-state index in [-0.39, 0.29) is 0 Å². The van der Waals surface area contributed by atoms with E-state index in [1.165, 1.54) is 0 Å². The number of rotatable bonds is 2. The van der Waals surface area contributed by atoms with E-state index in [0.717, 1.165) is 21.9 Å². The highest BCUT2D eigenvalue weighted by Crippen LogP contribution is 2.25. The predicted octanol–water partition coefficient (Wildman–Crippen LogP) is 2.84. The number of fused-ring (bicyclic) bond motifs is 1. The van der Waals surface area contributed by atoms with Gasteiger partial charge in [0.1, 0.15) is 0 Å². The van der Waals surface area contributed by atoms with Crippen molar-refractivity contribution >= 4 is 22.8 Å². The predicted molar refractivity (Wildman–Crippen MR) is 63.8 cm³/mol. The molecular formula is C14H12O2. The van der Waals surface area contributed by atoms with Crippen LogP contribution in [0.15, 0.2) is 30.3 Å². The van der Waals surface area contributed by atoms with Crippen LogP contribution in [0.2, 0.25) is 0 Å². The standard InChI is InChI=1S/C14H12O2/c1-9-7-11-5-3-4-6-12(11)14(10(9)2)13(16)8-15/h3-8H,1-2H3. The Kier molecular flexibility index (Phi) is 2.57. The van der Waals surface area contributed by atoms with Gasteiger partial charge < -0.3 is 0 Å². The van der Waals surface area contributed by atoms with Crippen LogP contribution in [0.25, 0.3) is 10.8 Å². The van der Waals surface area contributed by atoms with E-state index in [2.05, 4.69) is 0 Å². The lowest BCUT2D eigenvalue weighted by Gasteiger charge is -2.09. The summed E-state index contributed by atoms with van der Waals surface area (Å²) < 4.78 is 0. The molecule has 0 heterocycles. The summed E-state index contributed by atoms with van der Waals surface area (Å²) in [5.41, 5.74) is 2.45. The number of carbonyl (C=O) groups excluding carboxylic acids is 2. The zero-order valence-corrected chi connectivity index (χ0v) is 9.28. The Bertz CT molecular complexity index is 583. The maximum absolute atomic E-state index is 11.6. The molecular weight excluding hydrogens is 200 g/mol. The molecule has 0 N–H and O–H groups in total. The van der Waals surface area contributed by atoms with E-state index < -0.39 is 5.78 Å². The molecule has 0 aromatic heterocycles. The minimum atomic E-state index is -0.447. The van der Waals surface area contributed by atoms with E-state index in [0.29, 0.717) is 11.8 Å². The lowest BCUT2D eigenvalue weighted by Crippen LogP contribution is -2.05. The largest absolute Gasteiger partial charge is 0.294 e. The van der Waals surface area contributed by atoms with Gasteiger partial charge in [-0.1, -0.05) is 30.3 Å². The molecule has 0 aliphatic carbocycles.